The zero-order valence-corrected chi connectivity index (χ0v) is 15.5. The average Bonchev–Trinajstić information content (AvgIpc) is 3.52. The molecule has 1 amide bonds. The summed E-state index contributed by atoms with van der Waals surface area (Å²) in [6.07, 6.45) is 10.2. The van der Waals surface area contributed by atoms with Gasteiger partial charge in [-0.25, -0.2) is 4.98 Å². The highest BCUT2D eigenvalue weighted by molar-refractivity contribution is 5.94. The van der Waals surface area contributed by atoms with Crippen molar-refractivity contribution in [3.05, 3.63) is 23.9 Å². The van der Waals surface area contributed by atoms with Gasteiger partial charge in [-0.2, -0.15) is 0 Å². The van der Waals surface area contributed by atoms with E-state index in [1.54, 1.807) is 12.3 Å². The summed E-state index contributed by atoms with van der Waals surface area (Å²) >= 11 is 0. The van der Waals surface area contributed by atoms with Crippen LogP contribution in [0.5, 0.6) is 0 Å². The molecule has 1 saturated heterocycles. The number of amides is 1. The van der Waals surface area contributed by atoms with Crippen LogP contribution in [0.4, 0.5) is 5.82 Å². The van der Waals surface area contributed by atoms with Crippen LogP contribution in [-0.4, -0.2) is 60.2 Å². The predicted octanol–water partition coefficient (Wildman–Crippen LogP) is 2.42. The maximum Gasteiger partial charge on any atom is 0.251 e. The van der Waals surface area contributed by atoms with Crippen LogP contribution in [0.25, 0.3) is 0 Å². The Bertz CT molecular complexity index is 620. The van der Waals surface area contributed by atoms with Crippen molar-refractivity contribution < 1.29 is 9.53 Å². The van der Waals surface area contributed by atoms with Gasteiger partial charge < -0.3 is 15.4 Å². The third-order valence-electron chi connectivity index (χ3n) is 6.00. The van der Waals surface area contributed by atoms with E-state index in [0.717, 1.165) is 51.5 Å². The van der Waals surface area contributed by atoms with Crippen molar-refractivity contribution in [3.63, 3.8) is 0 Å². The van der Waals surface area contributed by atoms with E-state index in [-0.39, 0.29) is 11.4 Å². The number of hydrogen-bond acceptors (Lipinski definition) is 5. The Kier molecular flexibility index (Phi) is 5.41. The van der Waals surface area contributed by atoms with Crippen LogP contribution in [0.2, 0.25) is 0 Å². The first-order chi connectivity index (χ1) is 12.8. The van der Waals surface area contributed by atoms with E-state index in [4.69, 9.17) is 4.74 Å². The SMILES string of the molecule is O=C(NCC1(N2CCOCC2)CCCCC1)c1ccnc(NC2CC2)c1. The maximum atomic E-state index is 12.8. The van der Waals surface area contributed by atoms with Crippen molar-refractivity contribution in [2.75, 3.05) is 38.2 Å². The Hall–Kier alpha value is -1.66. The van der Waals surface area contributed by atoms with Crippen molar-refractivity contribution in [2.24, 2.45) is 0 Å². The first-order valence-corrected chi connectivity index (χ1v) is 10.1. The number of morpholine rings is 1. The molecular formula is C20H30N4O2. The first kappa shape index (κ1) is 17.7. The molecule has 3 fully saturated rings. The summed E-state index contributed by atoms with van der Waals surface area (Å²) in [5.41, 5.74) is 0.788. The maximum absolute atomic E-state index is 12.8. The number of carbonyl (C=O) groups is 1. The van der Waals surface area contributed by atoms with E-state index in [1.807, 2.05) is 6.07 Å². The van der Waals surface area contributed by atoms with Gasteiger partial charge in [-0.15, -0.1) is 0 Å². The third kappa shape index (κ3) is 4.18. The summed E-state index contributed by atoms with van der Waals surface area (Å²) < 4.78 is 5.54. The van der Waals surface area contributed by atoms with E-state index in [9.17, 15) is 4.79 Å². The fourth-order valence-electron chi connectivity index (χ4n) is 4.29. The molecule has 0 spiro atoms. The van der Waals surface area contributed by atoms with E-state index in [0.29, 0.717) is 11.6 Å². The Morgan fingerprint density at radius 3 is 2.73 bits per heavy atom. The van der Waals surface area contributed by atoms with E-state index in [1.165, 1.54) is 32.1 Å². The number of hydrogen-bond donors (Lipinski definition) is 2. The second-order valence-electron chi connectivity index (χ2n) is 7.92. The van der Waals surface area contributed by atoms with Gasteiger partial charge in [0.15, 0.2) is 0 Å². The van der Waals surface area contributed by atoms with Gasteiger partial charge in [0, 0.05) is 43.0 Å². The molecule has 0 radical (unpaired) electrons. The summed E-state index contributed by atoms with van der Waals surface area (Å²) in [6.45, 7) is 4.27. The number of ether oxygens (including phenoxy) is 1. The van der Waals surface area contributed by atoms with Gasteiger partial charge in [0.1, 0.15) is 5.82 Å². The summed E-state index contributed by atoms with van der Waals surface area (Å²) in [5, 5.41) is 6.59. The second-order valence-corrected chi connectivity index (χ2v) is 7.92. The van der Waals surface area contributed by atoms with Crippen molar-refractivity contribution in [2.45, 2.75) is 56.5 Å². The fourth-order valence-corrected chi connectivity index (χ4v) is 4.29. The minimum atomic E-state index is 0.00412. The molecule has 142 valence electrons. The first-order valence-electron chi connectivity index (χ1n) is 10.1. The number of carbonyl (C=O) groups excluding carboxylic acids is 1. The van der Waals surface area contributed by atoms with Crippen molar-refractivity contribution in [3.8, 4) is 0 Å². The molecule has 4 rings (SSSR count). The topological polar surface area (TPSA) is 66.5 Å². The monoisotopic (exact) mass is 358 g/mol. The molecule has 2 aliphatic carbocycles. The lowest BCUT2D eigenvalue weighted by Crippen LogP contribution is -2.59. The molecule has 2 N–H and O–H groups in total. The standard InChI is InChI=1S/C20H30N4O2/c25-19(16-6-9-21-18(14-16)23-17-4-5-17)22-15-20(7-2-1-3-8-20)24-10-12-26-13-11-24/h6,9,14,17H,1-5,7-8,10-13,15H2,(H,21,23)(H,22,25). The molecule has 0 bridgehead atoms. The number of anilines is 1. The number of rotatable bonds is 6. The van der Waals surface area contributed by atoms with Crippen LogP contribution in [0, 0.1) is 0 Å². The Morgan fingerprint density at radius 1 is 1.23 bits per heavy atom. The summed E-state index contributed by atoms with van der Waals surface area (Å²) in [5.74, 6) is 0.810. The second kappa shape index (κ2) is 7.92. The van der Waals surface area contributed by atoms with Crippen molar-refractivity contribution in [1.82, 2.24) is 15.2 Å². The molecule has 26 heavy (non-hydrogen) atoms. The minimum absolute atomic E-state index is 0.00412. The zero-order chi connectivity index (χ0) is 17.8. The molecule has 0 aromatic carbocycles. The Morgan fingerprint density at radius 2 is 2.00 bits per heavy atom. The zero-order valence-electron chi connectivity index (χ0n) is 15.5. The normalized spacial score (nSPS) is 23.4. The molecule has 1 aromatic rings. The number of nitrogens with one attached hydrogen (secondary N) is 2. The summed E-state index contributed by atoms with van der Waals surface area (Å²) in [7, 11) is 0. The fraction of sp³-hybridized carbons (Fsp3) is 0.700. The summed E-state index contributed by atoms with van der Waals surface area (Å²) in [4.78, 5) is 19.6. The summed E-state index contributed by atoms with van der Waals surface area (Å²) in [6, 6.07) is 4.21. The van der Waals surface area contributed by atoms with Gasteiger partial charge in [0.05, 0.1) is 13.2 Å². The number of aromatic nitrogens is 1. The van der Waals surface area contributed by atoms with Crippen LogP contribution in [0.1, 0.15) is 55.3 Å². The van der Waals surface area contributed by atoms with Gasteiger partial charge in [-0.1, -0.05) is 19.3 Å². The lowest BCUT2D eigenvalue weighted by atomic mass is 9.79. The molecule has 2 saturated carbocycles. The highest BCUT2D eigenvalue weighted by atomic mass is 16.5. The highest BCUT2D eigenvalue weighted by Gasteiger charge is 2.38. The molecule has 2 heterocycles. The molecule has 3 aliphatic rings. The minimum Gasteiger partial charge on any atom is -0.379 e. The largest absolute Gasteiger partial charge is 0.379 e. The van der Waals surface area contributed by atoms with E-state index < -0.39 is 0 Å². The quantitative estimate of drug-likeness (QED) is 0.817. The molecule has 1 aromatic heterocycles. The molecule has 1 aliphatic heterocycles. The van der Waals surface area contributed by atoms with Crippen LogP contribution < -0.4 is 10.6 Å². The number of nitrogens with zero attached hydrogens (tertiary/aromatic N) is 2. The van der Waals surface area contributed by atoms with Gasteiger partial charge in [0.25, 0.3) is 5.91 Å². The van der Waals surface area contributed by atoms with Crippen LogP contribution in [0.15, 0.2) is 18.3 Å². The number of pyridine rings is 1. The lowest BCUT2D eigenvalue weighted by Gasteiger charge is -2.48. The Labute approximate surface area is 155 Å². The van der Waals surface area contributed by atoms with Crippen LogP contribution in [-0.2, 0) is 4.74 Å². The molecular weight excluding hydrogens is 328 g/mol. The lowest BCUT2D eigenvalue weighted by molar-refractivity contribution is -0.0361. The van der Waals surface area contributed by atoms with Crippen molar-refractivity contribution >= 4 is 11.7 Å². The molecule has 0 unspecified atom stereocenters. The smallest absolute Gasteiger partial charge is 0.251 e. The van der Waals surface area contributed by atoms with Crippen LogP contribution in [0.3, 0.4) is 0 Å². The molecule has 6 heteroatoms. The van der Waals surface area contributed by atoms with E-state index in [2.05, 4.69) is 20.5 Å². The van der Waals surface area contributed by atoms with Crippen LogP contribution >= 0.6 is 0 Å². The highest BCUT2D eigenvalue weighted by Crippen LogP contribution is 2.34. The van der Waals surface area contributed by atoms with Gasteiger partial charge in [0.2, 0.25) is 0 Å². The molecule has 0 atom stereocenters. The van der Waals surface area contributed by atoms with Gasteiger partial charge in [-0.3, -0.25) is 9.69 Å². The average molecular weight is 358 g/mol. The van der Waals surface area contributed by atoms with E-state index >= 15 is 0 Å². The van der Waals surface area contributed by atoms with Gasteiger partial charge in [-0.05, 0) is 37.8 Å². The molecule has 6 nitrogen and oxygen atoms in total. The third-order valence-corrected chi connectivity index (χ3v) is 6.00. The Balaban J connectivity index is 1.40. The van der Waals surface area contributed by atoms with Gasteiger partial charge >= 0.3 is 0 Å². The predicted molar refractivity (Wildman–Crippen MR) is 101 cm³/mol. The van der Waals surface area contributed by atoms with Crippen molar-refractivity contribution in [1.29, 1.82) is 0 Å².